The molecule has 5 aromatic carbocycles. The average Bonchev–Trinajstić information content (AvgIpc) is 3.46. The van der Waals surface area contributed by atoms with Gasteiger partial charge in [0.15, 0.2) is 5.82 Å². The number of halogens is 9. The molecular formula is C40H20F9N5. The Hall–Kier alpha value is -6.67. The normalized spacial score (nSPS) is 12.2. The molecule has 0 radical (unpaired) electrons. The van der Waals surface area contributed by atoms with Crippen LogP contribution in [0.25, 0.3) is 61.1 Å². The lowest BCUT2D eigenvalue weighted by Crippen LogP contribution is -2.11. The molecule has 2 aromatic heterocycles. The number of benzene rings is 5. The fourth-order valence-corrected chi connectivity index (χ4v) is 6.37. The molecule has 0 saturated heterocycles. The molecule has 54 heavy (non-hydrogen) atoms. The van der Waals surface area contributed by atoms with Crippen LogP contribution < -0.4 is 0 Å². The third-order valence-corrected chi connectivity index (χ3v) is 8.82. The van der Waals surface area contributed by atoms with E-state index in [0.29, 0.717) is 56.3 Å². The van der Waals surface area contributed by atoms with Gasteiger partial charge in [0, 0.05) is 28.7 Å². The number of hydrogen-bond acceptors (Lipinski definition) is 4. The molecule has 2 heterocycles. The van der Waals surface area contributed by atoms with Gasteiger partial charge in [-0.3, -0.25) is 0 Å². The fourth-order valence-electron chi connectivity index (χ4n) is 6.37. The minimum absolute atomic E-state index is 0.00675. The number of nitriles is 2. The number of hydrogen-bond donors (Lipinski definition) is 0. The Balaban J connectivity index is 1.49. The van der Waals surface area contributed by atoms with Crippen LogP contribution in [-0.2, 0) is 18.5 Å². The van der Waals surface area contributed by atoms with E-state index >= 15 is 0 Å². The Morgan fingerprint density at radius 3 is 1.48 bits per heavy atom. The molecule has 0 amide bonds. The van der Waals surface area contributed by atoms with Gasteiger partial charge >= 0.3 is 18.5 Å². The Bertz CT molecular complexity index is 2680. The van der Waals surface area contributed by atoms with Crippen molar-refractivity contribution in [3.8, 4) is 51.5 Å². The molecule has 0 N–H and O–H groups in total. The van der Waals surface area contributed by atoms with E-state index in [1.165, 1.54) is 43.6 Å². The van der Waals surface area contributed by atoms with Gasteiger partial charge in [0.25, 0.3) is 0 Å². The maximum atomic E-state index is 13.8. The van der Waals surface area contributed by atoms with Crippen LogP contribution in [0.4, 0.5) is 39.5 Å². The SMILES string of the molecule is Cc1cc(-c2ccc3c(c2)c2cc(-c4cc(C(F)(F)F)cc(C(F)(F)F)c4)ccc2n3-c2ccc(-c3ncc(C#N)cn3)cc2C#N)cc(C(F)(F)F)c1. The van der Waals surface area contributed by atoms with Gasteiger partial charge in [0.2, 0.25) is 0 Å². The molecule has 5 nitrogen and oxygen atoms in total. The van der Waals surface area contributed by atoms with E-state index in [2.05, 4.69) is 16.0 Å². The maximum absolute atomic E-state index is 13.8. The first-order chi connectivity index (χ1) is 25.4. The van der Waals surface area contributed by atoms with Gasteiger partial charge < -0.3 is 4.57 Å². The van der Waals surface area contributed by atoms with Gasteiger partial charge in [-0.15, -0.1) is 0 Å². The van der Waals surface area contributed by atoms with E-state index in [1.807, 2.05) is 6.07 Å². The molecule has 0 saturated carbocycles. The summed E-state index contributed by atoms with van der Waals surface area (Å²) in [5.74, 6) is 0.226. The first-order valence-corrected chi connectivity index (χ1v) is 15.8. The van der Waals surface area contributed by atoms with Crippen LogP contribution in [0.15, 0.2) is 103 Å². The number of fused-ring (bicyclic) bond motifs is 3. The van der Waals surface area contributed by atoms with Crippen LogP contribution in [0, 0.1) is 29.6 Å². The molecule has 0 aliphatic heterocycles. The van der Waals surface area contributed by atoms with Gasteiger partial charge in [-0.2, -0.15) is 50.0 Å². The van der Waals surface area contributed by atoms with E-state index in [4.69, 9.17) is 5.26 Å². The second kappa shape index (κ2) is 12.8. The highest BCUT2D eigenvalue weighted by Crippen LogP contribution is 2.42. The maximum Gasteiger partial charge on any atom is 0.416 e. The Labute approximate surface area is 299 Å². The largest absolute Gasteiger partial charge is 0.416 e. The minimum Gasteiger partial charge on any atom is -0.308 e. The fraction of sp³-hybridized carbons (Fsp3) is 0.100. The number of nitrogens with zero attached hydrogens (tertiary/aromatic N) is 5. The van der Waals surface area contributed by atoms with Crippen LogP contribution in [0.2, 0.25) is 0 Å². The summed E-state index contributed by atoms with van der Waals surface area (Å²) in [6, 6.07) is 22.7. The zero-order valence-corrected chi connectivity index (χ0v) is 27.5. The molecule has 0 atom stereocenters. The first kappa shape index (κ1) is 35.7. The third-order valence-electron chi connectivity index (χ3n) is 8.82. The topological polar surface area (TPSA) is 78.3 Å². The lowest BCUT2D eigenvalue weighted by Gasteiger charge is -2.15. The Morgan fingerprint density at radius 2 is 1.00 bits per heavy atom. The lowest BCUT2D eigenvalue weighted by atomic mass is 9.96. The molecule has 0 fully saturated rings. The van der Waals surface area contributed by atoms with Crippen LogP contribution in [0.5, 0.6) is 0 Å². The summed E-state index contributed by atoms with van der Waals surface area (Å²) in [4.78, 5) is 8.35. The monoisotopic (exact) mass is 741 g/mol. The summed E-state index contributed by atoms with van der Waals surface area (Å²) in [7, 11) is 0. The predicted octanol–water partition coefficient (Wildman–Crippen LogP) is 11.7. The Morgan fingerprint density at radius 1 is 0.519 bits per heavy atom. The molecule has 0 unspecified atom stereocenters. The number of rotatable bonds is 4. The predicted molar refractivity (Wildman–Crippen MR) is 182 cm³/mol. The smallest absolute Gasteiger partial charge is 0.308 e. The van der Waals surface area contributed by atoms with Crippen LogP contribution in [0.3, 0.4) is 0 Å². The van der Waals surface area contributed by atoms with E-state index in [-0.39, 0.29) is 39.7 Å². The van der Waals surface area contributed by atoms with Gasteiger partial charge in [0.05, 0.1) is 44.5 Å². The van der Waals surface area contributed by atoms with Crippen molar-refractivity contribution < 1.29 is 39.5 Å². The summed E-state index contributed by atoms with van der Waals surface area (Å²) in [5.41, 5.74) is -1.36. The zero-order chi connectivity index (χ0) is 38.7. The molecule has 14 heteroatoms. The molecule has 0 bridgehead atoms. The third kappa shape index (κ3) is 6.58. The number of aryl methyl sites for hydroxylation is 1. The van der Waals surface area contributed by atoms with E-state index < -0.39 is 35.2 Å². The number of aromatic nitrogens is 3. The summed E-state index contributed by atoms with van der Waals surface area (Å²) in [5, 5.41) is 20.1. The van der Waals surface area contributed by atoms with E-state index in [1.54, 1.807) is 41.0 Å². The number of alkyl halides is 9. The van der Waals surface area contributed by atoms with Gasteiger partial charge in [-0.25, -0.2) is 9.97 Å². The van der Waals surface area contributed by atoms with Crippen LogP contribution in [0.1, 0.15) is 33.4 Å². The second-order valence-corrected chi connectivity index (χ2v) is 12.4. The van der Waals surface area contributed by atoms with Crippen LogP contribution >= 0.6 is 0 Å². The van der Waals surface area contributed by atoms with Crippen molar-refractivity contribution >= 4 is 21.8 Å². The average molecular weight is 742 g/mol. The Kier molecular flexibility index (Phi) is 8.45. The summed E-state index contributed by atoms with van der Waals surface area (Å²) >= 11 is 0. The summed E-state index contributed by atoms with van der Waals surface area (Å²) in [6.07, 6.45) is -12.2. The van der Waals surface area contributed by atoms with Crippen molar-refractivity contribution in [2.45, 2.75) is 25.5 Å². The quantitative estimate of drug-likeness (QED) is 0.168. The zero-order valence-electron chi connectivity index (χ0n) is 27.5. The molecule has 0 spiro atoms. The van der Waals surface area contributed by atoms with Crippen molar-refractivity contribution in [3.63, 3.8) is 0 Å². The lowest BCUT2D eigenvalue weighted by molar-refractivity contribution is -0.143. The summed E-state index contributed by atoms with van der Waals surface area (Å²) in [6.45, 7) is 1.51. The standard InChI is InChI=1S/C40H20F9N5/c1-21-8-26(11-29(9-21)38(41,42)43)23-2-6-35-32(14-23)33-15-24(27-12-30(39(44,45)46)16-31(13-27)40(47,48)49)3-7-36(33)54(35)34-5-4-25(10-28(34)18-51)37-52-19-22(17-50)20-53-37/h2-16,19-20H,1H3. The van der Waals surface area contributed by atoms with Gasteiger partial charge in [0.1, 0.15) is 12.1 Å². The highest BCUT2D eigenvalue weighted by molar-refractivity contribution is 6.12. The molecule has 268 valence electrons. The van der Waals surface area contributed by atoms with Crippen LogP contribution in [-0.4, -0.2) is 14.5 Å². The molecular weight excluding hydrogens is 721 g/mol. The molecule has 0 aliphatic rings. The van der Waals surface area contributed by atoms with Crippen molar-refractivity contribution in [3.05, 3.63) is 137 Å². The van der Waals surface area contributed by atoms with Gasteiger partial charge in [-0.1, -0.05) is 18.2 Å². The van der Waals surface area contributed by atoms with E-state index in [9.17, 15) is 44.8 Å². The summed E-state index contributed by atoms with van der Waals surface area (Å²) < 4.78 is 126. The highest BCUT2D eigenvalue weighted by atomic mass is 19.4. The minimum atomic E-state index is -5.09. The van der Waals surface area contributed by atoms with E-state index in [0.717, 1.165) is 12.1 Å². The molecule has 7 aromatic rings. The first-order valence-electron chi connectivity index (χ1n) is 15.8. The second-order valence-electron chi connectivity index (χ2n) is 12.4. The van der Waals surface area contributed by atoms with Gasteiger partial charge in [-0.05, 0) is 108 Å². The molecule has 0 aliphatic carbocycles. The van der Waals surface area contributed by atoms with Crippen molar-refractivity contribution in [1.82, 2.24) is 14.5 Å². The molecule has 7 rings (SSSR count). The van der Waals surface area contributed by atoms with Crippen molar-refractivity contribution in [2.24, 2.45) is 0 Å². The van der Waals surface area contributed by atoms with Crippen molar-refractivity contribution in [2.75, 3.05) is 0 Å². The van der Waals surface area contributed by atoms with Crippen molar-refractivity contribution in [1.29, 1.82) is 10.5 Å². The highest BCUT2D eigenvalue weighted by Gasteiger charge is 2.37.